The third-order valence-corrected chi connectivity index (χ3v) is 4.14. The Morgan fingerprint density at radius 1 is 1.07 bits per heavy atom. The molecule has 0 aromatic heterocycles. The second-order valence-corrected chi connectivity index (χ2v) is 6.37. The van der Waals surface area contributed by atoms with Gasteiger partial charge in [0.15, 0.2) is 0 Å². The van der Waals surface area contributed by atoms with Gasteiger partial charge < -0.3 is 10.4 Å². The fraction of sp³-hybridized carbons (Fsp3) is 0.300. The zero-order chi connectivity index (χ0) is 20.0. The molecule has 0 bridgehead atoms. The molecule has 1 amide bonds. The molecule has 2 rings (SSSR count). The van der Waals surface area contributed by atoms with E-state index in [1.165, 1.54) is 12.1 Å². The summed E-state index contributed by atoms with van der Waals surface area (Å²) in [5.74, 6) is -2.09. The molecule has 0 aliphatic heterocycles. The number of hydrogen-bond donors (Lipinski definition) is 2. The van der Waals surface area contributed by atoms with Crippen LogP contribution in [-0.2, 0) is 22.2 Å². The van der Waals surface area contributed by atoms with Gasteiger partial charge in [-0.2, -0.15) is 13.2 Å². The van der Waals surface area contributed by atoms with Crippen LogP contribution in [0.2, 0.25) is 0 Å². The van der Waals surface area contributed by atoms with Crippen LogP contribution in [0, 0.1) is 5.92 Å². The van der Waals surface area contributed by atoms with Gasteiger partial charge in [0.05, 0.1) is 18.0 Å². The van der Waals surface area contributed by atoms with Gasteiger partial charge in [-0.1, -0.05) is 55.5 Å². The third kappa shape index (κ3) is 6.13. The average molecular weight is 379 g/mol. The van der Waals surface area contributed by atoms with E-state index in [0.29, 0.717) is 11.1 Å². The molecule has 0 radical (unpaired) electrons. The smallest absolute Gasteiger partial charge is 0.416 e. The fourth-order valence-electron chi connectivity index (χ4n) is 2.75. The minimum Gasteiger partial charge on any atom is -0.481 e. The lowest BCUT2D eigenvalue weighted by Crippen LogP contribution is -2.34. The maximum Gasteiger partial charge on any atom is 0.416 e. The molecule has 2 aromatic rings. The Morgan fingerprint density at radius 3 is 2.33 bits per heavy atom. The molecule has 0 aliphatic carbocycles. The van der Waals surface area contributed by atoms with E-state index in [4.69, 9.17) is 5.11 Å². The van der Waals surface area contributed by atoms with E-state index >= 15 is 0 Å². The van der Waals surface area contributed by atoms with Crippen molar-refractivity contribution in [2.75, 3.05) is 0 Å². The molecule has 0 saturated heterocycles. The van der Waals surface area contributed by atoms with E-state index in [-0.39, 0.29) is 12.8 Å². The summed E-state index contributed by atoms with van der Waals surface area (Å²) in [6, 6.07) is 12.8. The van der Waals surface area contributed by atoms with E-state index in [9.17, 15) is 22.8 Å². The number of benzene rings is 2. The zero-order valence-electron chi connectivity index (χ0n) is 14.7. The number of rotatable bonds is 7. The van der Waals surface area contributed by atoms with Gasteiger partial charge in [0.25, 0.3) is 0 Å². The maximum absolute atomic E-state index is 12.8. The number of carbonyl (C=O) groups excluding carboxylic acids is 1. The summed E-state index contributed by atoms with van der Waals surface area (Å²) in [5, 5.41) is 11.8. The Balaban J connectivity index is 2.08. The van der Waals surface area contributed by atoms with Crippen molar-refractivity contribution in [1.29, 1.82) is 0 Å². The molecule has 4 nitrogen and oxygen atoms in total. The lowest BCUT2D eigenvalue weighted by molar-refractivity contribution is -0.138. The predicted octanol–water partition coefficient (Wildman–Crippen LogP) is 4.22. The molecule has 0 aliphatic rings. The average Bonchev–Trinajstić information content (AvgIpc) is 2.61. The fourth-order valence-corrected chi connectivity index (χ4v) is 2.75. The third-order valence-electron chi connectivity index (χ3n) is 4.14. The minimum absolute atomic E-state index is 0.115. The Morgan fingerprint density at radius 2 is 1.74 bits per heavy atom. The van der Waals surface area contributed by atoms with Crippen LogP contribution in [0.25, 0.3) is 0 Å². The molecule has 0 heterocycles. The lowest BCUT2D eigenvalue weighted by Gasteiger charge is -2.20. The van der Waals surface area contributed by atoms with Crippen molar-refractivity contribution in [2.24, 2.45) is 5.92 Å². The van der Waals surface area contributed by atoms with Crippen LogP contribution in [0.1, 0.15) is 36.1 Å². The van der Waals surface area contributed by atoms with Gasteiger partial charge in [0.1, 0.15) is 0 Å². The Labute approximate surface area is 155 Å². The molecular formula is C20H20F3NO3. The van der Waals surface area contributed by atoms with Crippen molar-refractivity contribution in [1.82, 2.24) is 5.32 Å². The lowest BCUT2D eigenvalue weighted by atomic mass is 9.97. The summed E-state index contributed by atoms with van der Waals surface area (Å²) in [4.78, 5) is 23.6. The van der Waals surface area contributed by atoms with E-state index in [2.05, 4.69) is 5.32 Å². The second kappa shape index (κ2) is 8.70. The molecule has 0 fully saturated rings. The SMILES string of the molecule is CC(Cc1cccc(C(F)(F)F)c1)C(=O)NC(CC(=O)O)c1ccccc1. The normalized spacial score (nSPS) is 13.6. The first kappa shape index (κ1) is 20.5. The summed E-state index contributed by atoms with van der Waals surface area (Å²) in [6.07, 6.45) is -4.61. The Hall–Kier alpha value is -2.83. The zero-order valence-corrected chi connectivity index (χ0v) is 14.7. The maximum atomic E-state index is 12.8. The van der Waals surface area contributed by atoms with Crippen LogP contribution in [0.4, 0.5) is 13.2 Å². The quantitative estimate of drug-likeness (QED) is 0.757. The summed E-state index contributed by atoms with van der Waals surface area (Å²) in [7, 11) is 0. The standard InChI is InChI=1S/C20H20F3NO3/c1-13(10-14-6-5-9-16(11-14)20(21,22)23)19(27)24-17(12-18(25)26)15-7-3-2-4-8-15/h2-9,11,13,17H,10,12H2,1H3,(H,24,27)(H,25,26). The van der Waals surface area contributed by atoms with Crippen LogP contribution in [0.3, 0.4) is 0 Å². The first-order valence-corrected chi connectivity index (χ1v) is 8.40. The number of carbonyl (C=O) groups is 2. The number of alkyl halides is 3. The van der Waals surface area contributed by atoms with Crippen LogP contribution >= 0.6 is 0 Å². The monoisotopic (exact) mass is 379 g/mol. The molecule has 27 heavy (non-hydrogen) atoms. The van der Waals surface area contributed by atoms with Gasteiger partial charge in [-0.15, -0.1) is 0 Å². The molecule has 2 atom stereocenters. The highest BCUT2D eigenvalue weighted by molar-refractivity contribution is 5.80. The van der Waals surface area contributed by atoms with Gasteiger partial charge in [-0.3, -0.25) is 9.59 Å². The van der Waals surface area contributed by atoms with Crippen LogP contribution in [0.15, 0.2) is 54.6 Å². The Bertz CT molecular complexity index is 791. The van der Waals surface area contributed by atoms with Crippen LogP contribution < -0.4 is 5.32 Å². The molecule has 2 unspecified atom stereocenters. The topological polar surface area (TPSA) is 66.4 Å². The van der Waals surface area contributed by atoms with E-state index in [1.807, 2.05) is 0 Å². The van der Waals surface area contributed by atoms with Crippen molar-refractivity contribution >= 4 is 11.9 Å². The second-order valence-electron chi connectivity index (χ2n) is 6.37. The summed E-state index contributed by atoms with van der Waals surface area (Å²) in [5.41, 5.74) is 0.280. The molecule has 0 spiro atoms. The largest absolute Gasteiger partial charge is 0.481 e. The molecule has 2 N–H and O–H groups in total. The number of carboxylic acids is 1. The van der Waals surface area contributed by atoms with Crippen molar-refractivity contribution in [3.63, 3.8) is 0 Å². The van der Waals surface area contributed by atoms with Crippen LogP contribution in [0.5, 0.6) is 0 Å². The molecule has 0 saturated carbocycles. The van der Waals surface area contributed by atoms with Crippen molar-refractivity contribution in [3.8, 4) is 0 Å². The van der Waals surface area contributed by atoms with Crippen molar-refractivity contribution in [3.05, 3.63) is 71.3 Å². The number of aliphatic carboxylic acids is 1. The van der Waals surface area contributed by atoms with Crippen molar-refractivity contribution in [2.45, 2.75) is 32.0 Å². The van der Waals surface area contributed by atoms with Gasteiger partial charge in [0.2, 0.25) is 5.91 Å². The number of halogens is 3. The van der Waals surface area contributed by atoms with Crippen LogP contribution in [-0.4, -0.2) is 17.0 Å². The predicted molar refractivity (Wildman–Crippen MR) is 93.9 cm³/mol. The number of amides is 1. The van der Waals surface area contributed by atoms with E-state index in [1.54, 1.807) is 37.3 Å². The molecule has 7 heteroatoms. The summed E-state index contributed by atoms with van der Waals surface area (Å²) >= 11 is 0. The highest BCUT2D eigenvalue weighted by atomic mass is 19.4. The summed E-state index contributed by atoms with van der Waals surface area (Å²) in [6.45, 7) is 1.60. The molecule has 2 aromatic carbocycles. The van der Waals surface area contributed by atoms with E-state index in [0.717, 1.165) is 12.1 Å². The first-order valence-electron chi connectivity index (χ1n) is 8.40. The molecular weight excluding hydrogens is 359 g/mol. The number of carboxylic acid groups (broad SMARTS) is 1. The van der Waals surface area contributed by atoms with Crippen molar-refractivity contribution < 1.29 is 27.9 Å². The Kier molecular flexibility index (Phi) is 6.60. The van der Waals surface area contributed by atoms with Gasteiger partial charge in [-0.25, -0.2) is 0 Å². The summed E-state index contributed by atoms with van der Waals surface area (Å²) < 4.78 is 38.4. The van der Waals surface area contributed by atoms with Gasteiger partial charge >= 0.3 is 12.1 Å². The highest BCUT2D eigenvalue weighted by Gasteiger charge is 2.30. The minimum atomic E-state index is -4.44. The molecule has 144 valence electrons. The number of nitrogens with one attached hydrogen (secondary N) is 1. The van der Waals surface area contributed by atoms with Gasteiger partial charge in [0, 0.05) is 5.92 Å². The van der Waals surface area contributed by atoms with E-state index < -0.39 is 35.6 Å². The first-order chi connectivity index (χ1) is 12.7. The number of hydrogen-bond acceptors (Lipinski definition) is 2. The van der Waals surface area contributed by atoms with Gasteiger partial charge in [-0.05, 0) is 23.6 Å². The highest BCUT2D eigenvalue weighted by Crippen LogP contribution is 2.30.